The number of rotatable bonds is 27. The first-order valence-electron chi connectivity index (χ1n) is 38.2. The SMILES string of the molecule is Cl.FC1(F)CCCNC1.NC(=O)c1nn(CC(=O)N(CC(=O)NCc2cccc(Cl)c2F)C2CC2)c2ccc(C(=O)O)cc12.NC(=O)c1nn(CC(=O)N(CC(=O)NCc2cccc(Cl)c2F)C2CC2)c2ccc(NC(=O)N3CCCC(F)(F)C3)cc12.[N-]=[N+]=NC(=O)c1ccc2c(c1)c(C(N)=O)nn2CC(=O)N(CC(=O)NCc1cccc(Cl)c1F)C1CC1. The molecule has 9 aromatic rings. The van der Waals surface area contributed by atoms with Gasteiger partial charge in [-0.2, -0.15) is 15.3 Å². The number of carbonyl (C=O) groups excluding carboxylic acids is 11. The Hall–Kier alpha value is -12.7. The minimum Gasteiger partial charge on any atom is -0.478 e. The molecule has 6 aromatic carbocycles. The number of carbonyl (C=O) groups is 12. The molecule has 2 saturated heterocycles. The molecule has 656 valence electrons. The van der Waals surface area contributed by atoms with Gasteiger partial charge in [0.15, 0.2) is 17.1 Å². The van der Waals surface area contributed by atoms with E-state index in [0.29, 0.717) is 35.8 Å². The van der Waals surface area contributed by atoms with Gasteiger partial charge in [-0.05, 0) is 141 Å². The lowest BCUT2D eigenvalue weighted by Gasteiger charge is -2.32. The Morgan fingerprint density at radius 3 is 1.24 bits per heavy atom. The molecular formula is C79H80Cl4F7N21O13. The van der Waals surface area contributed by atoms with Crippen molar-refractivity contribution in [2.75, 3.05) is 51.1 Å². The number of urea groups is 1. The van der Waals surface area contributed by atoms with Crippen LogP contribution < -0.4 is 43.8 Å². The minimum absolute atomic E-state index is 0. The molecule has 12 amide bonds. The fourth-order valence-corrected chi connectivity index (χ4v) is 14.0. The Bertz CT molecular complexity index is 5700. The number of nitrogens with zero attached hydrogens (tertiary/aromatic N) is 13. The molecule has 3 aliphatic carbocycles. The van der Waals surface area contributed by atoms with Gasteiger partial charge >= 0.3 is 12.0 Å². The van der Waals surface area contributed by atoms with Crippen LogP contribution in [0.2, 0.25) is 15.1 Å². The summed E-state index contributed by atoms with van der Waals surface area (Å²) in [5, 5.41) is 38.2. The number of alkyl halides is 4. The number of carboxylic acid groups (broad SMARTS) is 1. The Morgan fingerprint density at radius 2 is 0.903 bits per heavy atom. The third-order valence-electron chi connectivity index (χ3n) is 20.0. The number of hydrogen-bond acceptors (Lipinski definition) is 16. The lowest BCUT2D eigenvalue weighted by atomic mass is 10.1. The molecule has 124 heavy (non-hydrogen) atoms. The van der Waals surface area contributed by atoms with Crippen molar-refractivity contribution < 1.29 is 93.4 Å². The van der Waals surface area contributed by atoms with Gasteiger partial charge in [-0.15, -0.1) is 12.4 Å². The molecule has 5 aliphatic rings. The van der Waals surface area contributed by atoms with E-state index in [1.807, 2.05) is 0 Å². The maximum atomic E-state index is 14.2. The number of nitrogens with two attached hydrogens (primary N) is 3. The number of aromatic nitrogens is 6. The maximum absolute atomic E-state index is 14.2. The largest absolute Gasteiger partial charge is 0.478 e. The zero-order valence-electron chi connectivity index (χ0n) is 65.5. The quantitative estimate of drug-likeness (QED) is 0.0100. The van der Waals surface area contributed by atoms with E-state index in [2.05, 4.69) is 51.9 Å². The van der Waals surface area contributed by atoms with Crippen molar-refractivity contribution in [3.8, 4) is 0 Å². The number of aromatic carboxylic acids is 1. The lowest BCUT2D eigenvalue weighted by molar-refractivity contribution is -0.137. The molecule has 45 heteroatoms. The molecular weight excluding hydrogens is 1730 g/mol. The molecule has 5 heterocycles. The van der Waals surface area contributed by atoms with Crippen molar-refractivity contribution in [1.29, 1.82) is 0 Å². The highest BCUT2D eigenvalue weighted by Gasteiger charge is 2.40. The molecule has 0 bridgehead atoms. The predicted octanol–water partition coefficient (Wildman–Crippen LogP) is 9.54. The second-order valence-corrected chi connectivity index (χ2v) is 30.5. The molecule has 0 radical (unpaired) electrons. The first-order chi connectivity index (χ1) is 58.5. The van der Waals surface area contributed by atoms with Crippen LogP contribution in [0.15, 0.2) is 114 Å². The summed E-state index contributed by atoms with van der Waals surface area (Å²) in [6.07, 6.45) is 4.87. The van der Waals surface area contributed by atoms with Gasteiger partial charge in [0.1, 0.15) is 37.1 Å². The highest BCUT2D eigenvalue weighted by Crippen LogP contribution is 2.34. The number of likely N-dealkylation sites (tertiary alicyclic amines) is 1. The minimum atomic E-state index is -2.96. The van der Waals surface area contributed by atoms with Crippen LogP contribution in [0.5, 0.6) is 0 Å². The third kappa shape index (κ3) is 24.4. The summed E-state index contributed by atoms with van der Waals surface area (Å²) in [4.78, 5) is 157. The van der Waals surface area contributed by atoms with Gasteiger partial charge in [-0.1, -0.05) is 71.2 Å². The number of fused-ring (bicyclic) bond motifs is 3. The molecule has 5 fully saturated rings. The third-order valence-corrected chi connectivity index (χ3v) is 20.9. The first kappa shape index (κ1) is 93.6. The Kier molecular flexibility index (Phi) is 30.9. The van der Waals surface area contributed by atoms with E-state index in [-0.39, 0.29) is 204 Å². The standard InChI is InChI=1S/C28H29ClF3N7O4.C23H20ClFN8O4.C23H21ClFN5O5.C5H9F2N.ClH/c29-20-4-1-3-16(24(20)30)12-34-22(40)13-38(18-6-7-18)23(41)14-39-21-8-5-17(11-19(21)25(36-39)26(33)42)35-27(43)37-10-2-9-28(31,32)15-37;24-16-3-1-2-13(20(16)25)9-28-18(34)10-32(14-5-6-14)19(35)11-33-17-7-4-12(23(37)29-31-27)8-15(17)21(30-33)22(26)36;24-16-3-1-2-13(20(16)25)9-27-18(31)10-29(14-5-6-14)19(32)11-30-17-7-4-12(23(34)35)8-15(17)21(28-30)22(26)33;6-5(7)2-1-3-8-4-5;/h1,3-5,8,11,18H,2,6-7,9-10,12-15H2,(H2,33,42)(H,34,40)(H,35,43);1-4,7-8,14H,5-6,9-11H2,(H2,26,36)(H,28,34);1-4,7-8,14H,5-6,9-11H2,(H2,26,33)(H,27,31)(H,34,35);8H,1-4H2;1H. The number of amides is 12. The van der Waals surface area contributed by atoms with Crippen molar-refractivity contribution in [2.24, 2.45) is 22.3 Å². The maximum Gasteiger partial charge on any atom is 0.335 e. The topological polar surface area (TPSA) is 478 Å². The number of carboxylic acids is 1. The van der Waals surface area contributed by atoms with Crippen molar-refractivity contribution in [1.82, 2.24) is 70.2 Å². The van der Waals surface area contributed by atoms with Crippen molar-refractivity contribution >= 4 is 157 Å². The van der Waals surface area contributed by atoms with E-state index in [1.54, 1.807) is 18.2 Å². The first-order valence-corrected chi connectivity index (χ1v) is 39.3. The number of anilines is 1. The van der Waals surface area contributed by atoms with Crippen LogP contribution in [0.4, 0.5) is 41.2 Å². The summed E-state index contributed by atoms with van der Waals surface area (Å²) in [6.45, 7) is -1.85. The van der Waals surface area contributed by atoms with E-state index in [0.717, 1.165) is 37.1 Å². The van der Waals surface area contributed by atoms with Crippen LogP contribution in [0, 0.1) is 17.5 Å². The zero-order chi connectivity index (χ0) is 88.9. The summed E-state index contributed by atoms with van der Waals surface area (Å²) in [6, 6.07) is 24.9. The van der Waals surface area contributed by atoms with Gasteiger partial charge in [0.2, 0.25) is 41.4 Å². The van der Waals surface area contributed by atoms with Gasteiger partial charge in [0, 0.05) is 106 Å². The second kappa shape index (κ2) is 41.0. The smallest absolute Gasteiger partial charge is 0.335 e. The molecule has 12 N–H and O–H groups in total. The summed E-state index contributed by atoms with van der Waals surface area (Å²) < 4.78 is 97.9. The lowest BCUT2D eigenvalue weighted by Crippen LogP contribution is -2.47. The fourth-order valence-electron chi connectivity index (χ4n) is 13.4. The van der Waals surface area contributed by atoms with E-state index in [9.17, 15) is 93.4 Å². The molecule has 3 aromatic heterocycles. The Balaban J connectivity index is 0.000000186. The average molecular weight is 1810 g/mol. The fraction of sp³-hybridized carbons (Fsp3) is 0.354. The van der Waals surface area contributed by atoms with Crippen LogP contribution >= 0.6 is 47.2 Å². The number of piperidine rings is 2. The van der Waals surface area contributed by atoms with E-state index >= 15 is 0 Å². The molecule has 2 aliphatic heterocycles. The number of azide groups is 1. The van der Waals surface area contributed by atoms with Gasteiger partial charge < -0.3 is 68.5 Å². The number of hydrogen-bond donors (Lipinski definition) is 9. The normalized spacial score (nSPS) is 14.8. The van der Waals surface area contributed by atoms with E-state index in [1.165, 1.54) is 120 Å². The van der Waals surface area contributed by atoms with Gasteiger partial charge in [0.25, 0.3) is 29.6 Å². The van der Waals surface area contributed by atoms with Gasteiger partial charge in [-0.25, -0.2) is 40.3 Å². The summed E-state index contributed by atoms with van der Waals surface area (Å²) >= 11 is 17.3. The van der Waals surface area contributed by atoms with Crippen molar-refractivity contribution in [3.63, 3.8) is 0 Å². The zero-order valence-corrected chi connectivity index (χ0v) is 68.6. The monoisotopic (exact) mass is 1800 g/mol. The summed E-state index contributed by atoms with van der Waals surface area (Å²) in [7, 11) is 0. The predicted molar refractivity (Wildman–Crippen MR) is 438 cm³/mol. The van der Waals surface area contributed by atoms with Crippen LogP contribution in [-0.4, -0.2) is 201 Å². The highest BCUT2D eigenvalue weighted by molar-refractivity contribution is 6.31. The second-order valence-electron chi connectivity index (χ2n) is 29.3. The van der Waals surface area contributed by atoms with Crippen molar-refractivity contribution in [2.45, 2.75) is 133 Å². The summed E-state index contributed by atoms with van der Waals surface area (Å²) in [5.74, 6) is -14.7. The van der Waals surface area contributed by atoms with E-state index < -0.39 is 107 Å². The molecule has 34 nitrogen and oxygen atoms in total. The van der Waals surface area contributed by atoms with Crippen LogP contribution in [0.3, 0.4) is 0 Å². The Labute approximate surface area is 720 Å². The molecule has 0 unspecified atom stereocenters. The molecule has 0 atom stereocenters. The average Bonchev–Trinajstić information content (AvgIpc) is 1.63. The number of nitrogens with one attached hydrogen (secondary N) is 5. The summed E-state index contributed by atoms with van der Waals surface area (Å²) in [5.41, 5.74) is 26.3. The molecule has 3 saturated carbocycles. The number of primary amides is 3. The van der Waals surface area contributed by atoms with Crippen molar-refractivity contribution in [3.05, 3.63) is 197 Å². The molecule has 14 rings (SSSR count). The number of benzene rings is 6. The van der Waals surface area contributed by atoms with Crippen LogP contribution in [0.25, 0.3) is 43.2 Å². The molecule has 0 spiro atoms. The van der Waals surface area contributed by atoms with Crippen LogP contribution in [-0.2, 0) is 68.0 Å². The van der Waals surface area contributed by atoms with Gasteiger partial charge in [-0.3, -0.25) is 62.0 Å². The highest BCUT2D eigenvalue weighted by atomic mass is 35.5. The van der Waals surface area contributed by atoms with E-state index in [4.69, 9.17) is 57.5 Å². The number of halogens is 11. The van der Waals surface area contributed by atoms with Gasteiger partial charge in [0.05, 0.1) is 69.9 Å². The Morgan fingerprint density at radius 1 is 0.532 bits per heavy atom. The van der Waals surface area contributed by atoms with Crippen LogP contribution in [0.1, 0.15) is 133 Å².